The highest BCUT2D eigenvalue weighted by atomic mass is 16.5. The summed E-state index contributed by atoms with van der Waals surface area (Å²) in [5.41, 5.74) is 0.710. The molecule has 3 heterocycles. The Balaban J connectivity index is 1.72. The largest absolute Gasteiger partial charge is 0.383 e. The lowest BCUT2D eigenvalue weighted by Gasteiger charge is -2.46. The van der Waals surface area contributed by atoms with Crippen molar-refractivity contribution in [3.05, 3.63) is 30.1 Å². The van der Waals surface area contributed by atoms with Crippen molar-refractivity contribution in [1.82, 2.24) is 14.8 Å². The van der Waals surface area contributed by atoms with Gasteiger partial charge in [-0.15, -0.1) is 0 Å². The topological polar surface area (TPSA) is 45.7 Å². The molecule has 0 saturated carbocycles. The van der Waals surface area contributed by atoms with Gasteiger partial charge in [0.05, 0.1) is 6.61 Å². The van der Waals surface area contributed by atoms with Crippen molar-refractivity contribution >= 4 is 5.91 Å². The van der Waals surface area contributed by atoms with Crippen LogP contribution in [0.1, 0.15) is 36.2 Å². The third kappa shape index (κ3) is 3.01. The number of amides is 1. The average molecular weight is 303 g/mol. The Morgan fingerprint density at radius 2 is 2.14 bits per heavy atom. The van der Waals surface area contributed by atoms with Gasteiger partial charge in [-0.1, -0.05) is 6.07 Å². The number of aromatic nitrogens is 1. The van der Waals surface area contributed by atoms with Crippen LogP contribution in [-0.4, -0.2) is 66.1 Å². The molecule has 0 N–H and O–H groups in total. The molecule has 120 valence electrons. The Kier molecular flexibility index (Phi) is 4.74. The molecule has 0 radical (unpaired) electrons. The Hall–Kier alpha value is -1.46. The maximum Gasteiger partial charge on any atom is 0.272 e. The SMILES string of the molecule is COCCN1CCC[C@]12CCCN(C(=O)c1ccccn1)C2. The maximum atomic E-state index is 12.7. The van der Waals surface area contributed by atoms with Gasteiger partial charge in [0.2, 0.25) is 0 Å². The molecule has 0 unspecified atom stereocenters. The molecule has 1 atom stereocenters. The molecule has 1 aromatic heterocycles. The fourth-order valence-electron chi connectivity index (χ4n) is 3.94. The van der Waals surface area contributed by atoms with E-state index in [0.717, 1.165) is 39.2 Å². The van der Waals surface area contributed by atoms with Crippen molar-refractivity contribution in [2.24, 2.45) is 0 Å². The third-order valence-electron chi connectivity index (χ3n) is 5.03. The van der Waals surface area contributed by atoms with Gasteiger partial charge in [0.15, 0.2) is 0 Å². The van der Waals surface area contributed by atoms with Crippen LogP contribution >= 0.6 is 0 Å². The van der Waals surface area contributed by atoms with Crippen LogP contribution in [-0.2, 0) is 4.74 Å². The van der Waals surface area contributed by atoms with Gasteiger partial charge in [-0.05, 0) is 44.4 Å². The smallest absolute Gasteiger partial charge is 0.272 e. The summed E-state index contributed by atoms with van der Waals surface area (Å²) in [6.07, 6.45) is 6.34. The third-order valence-corrected chi connectivity index (χ3v) is 5.03. The molecular weight excluding hydrogens is 278 g/mol. The number of rotatable bonds is 4. The fraction of sp³-hybridized carbons (Fsp3) is 0.647. The van der Waals surface area contributed by atoms with Crippen molar-refractivity contribution in [2.75, 3.05) is 39.9 Å². The van der Waals surface area contributed by atoms with E-state index in [0.29, 0.717) is 5.69 Å². The van der Waals surface area contributed by atoms with Crippen LogP contribution in [0, 0.1) is 0 Å². The molecule has 1 spiro atoms. The first kappa shape index (κ1) is 15.4. The van der Waals surface area contributed by atoms with Crippen LogP contribution in [0.5, 0.6) is 0 Å². The molecule has 0 aliphatic carbocycles. The van der Waals surface area contributed by atoms with Crippen molar-refractivity contribution in [1.29, 1.82) is 0 Å². The van der Waals surface area contributed by atoms with Crippen molar-refractivity contribution in [2.45, 2.75) is 31.2 Å². The minimum Gasteiger partial charge on any atom is -0.383 e. The lowest BCUT2D eigenvalue weighted by atomic mass is 9.86. The normalized spacial score (nSPS) is 25.8. The first-order valence-corrected chi connectivity index (χ1v) is 8.19. The highest BCUT2D eigenvalue weighted by Gasteiger charge is 2.44. The standard InChI is InChI=1S/C17H25N3O2/c1-22-13-12-20-11-5-8-17(20)7-4-10-19(14-17)16(21)15-6-2-3-9-18-15/h2-3,6,9H,4-5,7-8,10-14H2,1H3/t17-/m0/s1. The predicted octanol–water partition coefficient (Wildman–Crippen LogP) is 1.80. The van der Waals surface area contributed by atoms with E-state index in [1.807, 2.05) is 17.0 Å². The molecule has 5 nitrogen and oxygen atoms in total. The highest BCUT2D eigenvalue weighted by Crippen LogP contribution is 2.37. The van der Waals surface area contributed by atoms with Crippen LogP contribution in [0.25, 0.3) is 0 Å². The minimum atomic E-state index is 0.0678. The molecule has 0 aromatic carbocycles. The van der Waals surface area contributed by atoms with Crippen molar-refractivity contribution in [3.63, 3.8) is 0 Å². The first-order chi connectivity index (χ1) is 10.7. The number of methoxy groups -OCH3 is 1. The van der Waals surface area contributed by atoms with E-state index in [1.54, 1.807) is 19.4 Å². The molecule has 2 aliphatic heterocycles. The number of carbonyl (C=O) groups excluding carboxylic acids is 1. The van der Waals surface area contributed by atoms with Crippen LogP contribution in [0.15, 0.2) is 24.4 Å². The van der Waals surface area contributed by atoms with E-state index in [-0.39, 0.29) is 11.4 Å². The molecule has 1 amide bonds. The average Bonchev–Trinajstić information content (AvgIpc) is 2.94. The van der Waals surface area contributed by atoms with E-state index in [4.69, 9.17) is 4.74 Å². The molecule has 22 heavy (non-hydrogen) atoms. The minimum absolute atomic E-state index is 0.0678. The molecular formula is C17H25N3O2. The van der Waals surface area contributed by atoms with Crippen LogP contribution in [0.3, 0.4) is 0 Å². The van der Waals surface area contributed by atoms with Gasteiger partial charge in [-0.25, -0.2) is 0 Å². The van der Waals surface area contributed by atoms with E-state index < -0.39 is 0 Å². The van der Waals surface area contributed by atoms with Crippen molar-refractivity contribution < 1.29 is 9.53 Å². The Morgan fingerprint density at radius 1 is 1.32 bits per heavy atom. The summed E-state index contributed by atoms with van der Waals surface area (Å²) in [4.78, 5) is 21.4. The number of pyridine rings is 1. The van der Waals surface area contributed by atoms with E-state index in [9.17, 15) is 4.79 Å². The Labute approximate surface area is 132 Å². The zero-order valence-corrected chi connectivity index (χ0v) is 13.3. The lowest BCUT2D eigenvalue weighted by molar-refractivity contribution is 0.0227. The summed E-state index contributed by atoms with van der Waals surface area (Å²) in [6, 6.07) is 5.53. The molecule has 3 rings (SSSR count). The first-order valence-electron chi connectivity index (χ1n) is 8.19. The van der Waals surface area contributed by atoms with Gasteiger partial charge in [-0.3, -0.25) is 14.7 Å². The predicted molar refractivity (Wildman–Crippen MR) is 84.8 cm³/mol. The zero-order valence-electron chi connectivity index (χ0n) is 13.3. The second kappa shape index (κ2) is 6.75. The highest BCUT2D eigenvalue weighted by molar-refractivity contribution is 5.92. The van der Waals surface area contributed by atoms with E-state index >= 15 is 0 Å². The lowest BCUT2D eigenvalue weighted by Crippen LogP contribution is -2.57. The number of carbonyl (C=O) groups is 1. The van der Waals surface area contributed by atoms with Crippen molar-refractivity contribution in [3.8, 4) is 0 Å². The zero-order chi connectivity index (χ0) is 15.4. The van der Waals surface area contributed by atoms with Gasteiger partial charge in [-0.2, -0.15) is 0 Å². The van der Waals surface area contributed by atoms with Crippen LogP contribution in [0.2, 0.25) is 0 Å². The number of likely N-dealkylation sites (tertiary alicyclic amines) is 2. The molecule has 5 heteroatoms. The second-order valence-electron chi connectivity index (χ2n) is 6.35. The number of hydrogen-bond donors (Lipinski definition) is 0. The molecule has 2 fully saturated rings. The molecule has 0 bridgehead atoms. The van der Waals surface area contributed by atoms with E-state index in [2.05, 4.69) is 9.88 Å². The fourth-order valence-corrected chi connectivity index (χ4v) is 3.94. The number of ether oxygens (including phenoxy) is 1. The summed E-state index contributed by atoms with van der Waals surface area (Å²) < 4.78 is 5.25. The summed E-state index contributed by atoms with van der Waals surface area (Å²) in [5, 5.41) is 0. The Bertz CT molecular complexity index is 508. The number of hydrogen-bond acceptors (Lipinski definition) is 4. The second-order valence-corrected chi connectivity index (χ2v) is 6.35. The number of nitrogens with zero attached hydrogens (tertiary/aromatic N) is 3. The van der Waals surface area contributed by atoms with Gasteiger partial charge in [0.25, 0.3) is 5.91 Å². The van der Waals surface area contributed by atoms with Crippen LogP contribution in [0.4, 0.5) is 0 Å². The molecule has 2 aliphatic rings. The van der Waals surface area contributed by atoms with Gasteiger partial charge >= 0.3 is 0 Å². The molecule has 1 aromatic rings. The van der Waals surface area contributed by atoms with Gasteiger partial charge < -0.3 is 9.64 Å². The van der Waals surface area contributed by atoms with Gasteiger partial charge in [0.1, 0.15) is 5.69 Å². The quantitative estimate of drug-likeness (QED) is 0.851. The van der Waals surface area contributed by atoms with Gasteiger partial charge in [0, 0.05) is 38.5 Å². The van der Waals surface area contributed by atoms with E-state index in [1.165, 1.54) is 19.3 Å². The molecule has 2 saturated heterocycles. The summed E-state index contributed by atoms with van der Waals surface area (Å²) in [7, 11) is 1.75. The maximum absolute atomic E-state index is 12.7. The summed E-state index contributed by atoms with van der Waals surface area (Å²) in [5.74, 6) is 0.0678. The van der Waals surface area contributed by atoms with Crippen LogP contribution < -0.4 is 0 Å². The Morgan fingerprint density at radius 3 is 2.86 bits per heavy atom. The number of piperidine rings is 1. The summed E-state index contributed by atoms with van der Waals surface area (Å²) >= 11 is 0. The summed E-state index contributed by atoms with van der Waals surface area (Å²) in [6.45, 7) is 4.51. The monoisotopic (exact) mass is 303 g/mol.